The van der Waals surface area contributed by atoms with Crippen molar-refractivity contribution in [2.45, 2.75) is 23.9 Å². The molecule has 0 spiro atoms. The van der Waals surface area contributed by atoms with E-state index < -0.39 is 0 Å². The van der Waals surface area contributed by atoms with E-state index in [9.17, 15) is 0 Å². The number of nitrogens with zero attached hydrogens (tertiary/aromatic N) is 2. The number of thioether (sulfide) groups is 1. The first kappa shape index (κ1) is 14.5. The smallest absolute Gasteiger partial charge is 0.0991 e. The highest BCUT2D eigenvalue weighted by atomic mass is 32.2. The van der Waals surface area contributed by atoms with Gasteiger partial charge in [0, 0.05) is 35.6 Å². The fourth-order valence-corrected chi connectivity index (χ4v) is 4.12. The normalized spacial score (nSPS) is 17.0. The van der Waals surface area contributed by atoms with E-state index in [-0.39, 0.29) is 0 Å². The van der Waals surface area contributed by atoms with Crippen LogP contribution in [0.3, 0.4) is 0 Å². The second kappa shape index (κ2) is 6.60. The molecule has 3 aromatic rings. The monoisotopic (exact) mass is 321 g/mol. The van der Waals surface area contributed by atoms with Crippen LogP contribution >= 0.6 is 11.8 Å². The zero-order chi connectivity index (χ0) is 15.5. The Kier molecular flexibility index (Phi) is 4.18. The summed E-state index contributed by atoms with van der Waals surface area (Å²) in [4.78, 5) is 5.51. The van der Waals surface area contributed by atoms with E-state index in [1.807, 2.05) is 28.9 Å². The average Bonchev–Trinajstić information content (AvgIpc) is 3.15. The molecule has 4 rings (SSSR count). The average molecular weight is 321 g/mol. The lowest BCUT2D eigenvalue weighted by Gasteiger charge is -2.26. The SMILES string of the molecule is c1ccc2c(c1)SCCC2NCc1ccc(-n2ccnc2)cc1. The zero-order valence-electron chi connectivity index (χ0n) is 12.9. The predicted molar refractivity (Wildman–Crippen MR) is 94.9 cm³/mol. The van der Waals surface area contributed by atoms with Crippen molar-refractivity contribution in [1.82, 2.24) is 14.9 Å². The topological polar surface area (TPSA) is 29.9 Å². The molecule has 1 unspecified atom stereocenters. The lowest BCUT2D eigenvalue weighted by molar-refractivity contribution is 0.510. The van der Waals surface area contributed by atoms with E-state index in [0.717, 1.165) is 12.2 Å². The quantitative estimate of drug-likeness (QED) is 0.781. The van der Waals surface area contributed by atoms with Crippen LogP contribution in [0.1, 0.15) is 23.6 Å². The molecule has 23 heavy (non-hydrogen) atoms. The maximum Gasteiger partial charge on any atom is 0.0991 e. The Labute approximate surface area is 140 Å². The van der Waals surface area contributed by atoms with Crippen LogP contribution in [0.15, 0.2) is 72.1 Å². The molecule has 0 aliphatic carbocycles. The Morgan fingerprint density at radius 2 is 2.00 bits per heavy atom. The van der Waals surface area contributed by atoms with Crippen molar-refractivity contribution >= 4 is 11.8 Å². The molecule has 1 aliphatic rings. The molecule has 3 nitrogen and oxygen atoms in total. The second-order valence-corrected chi connectivity index (χ2v) is 6.88. The van der Waals surface area contributed by atoms with Crippen LogP contribution in [0.2, 0.25) is 0 Å². The molecule has 116 valence electrons. The van der Waals surface area contributed by atoms with Gasteiger partial charge in [-0.2, -0.15) is 0 Å². The minimum Gasteiger partial charge on any atom is -0.306 e. The molecule has 1 aliphatic heterocycles. The van der Waals surface area contributed by atoms with Gasteiger partial charge in [0.2, 0.25) is 0 Å². The van der Waals surface area contributed by atoms with Gasteiger partial charge in [0.15, 0.2) is 0 Å². The third-order valence-electron chi connectivity index (χ3n) is 4.25. The summed E-state index contributed by atoms with van der Waals surface area (Å²) < 4.78 is 2.02. The molecule has 2 heterocycles. The summed E-state index contributed by atoms with van der Waals surface area (Å²) in [7, 11) is 0. The van der Waals surface area contributed by atoms with Crippen LogP contribution in [0, 0.1) is 0 Å². The summed E-state index contributed by atoms with van der Waals surface area (Å²) in [5.41, 5.74) is 3.90. The number of hydrogen-bond donors (Lipinski definition) is 1. The number of fused-ring (bicyclic) bond motifs is 1. The van der Waals surface area contributed by atoms with Gasteiger partial charge in [-0.05, 0) is 41.5 Å². The second-order valence-electron chi connectivity index (χ2n) is 5.74. The first-order chi connectivity index (χ1) is 11.4. The molecule has 0 saturated heterocycles. The molecule has 1 N–H and O–H groups in total. The number of hydrogen-bond acceptors (Lipinski definition) is 3. The van der Waals surface area contributed by atoms with Gasteiger partial charge in [0.25, 0.3) is 0 Å². The van der Waals surface area contributed by atoms with Gasteiger partial charge in [-0.15, -0.1) is 11.8 Å². The minimum atomic E-state index is 0.459. The maximum atomic E-state index is 4.09. The van der Waals surface area contributed by atoms with Gasteiger partial charge in [0.1, 0.15) is 0 Å². The summed E-state index contributed by atoms with van der Waals surface area (Å²) >= 11 is 1.97. The molecule has 1 atom stereocenters. The molecule has 0 fully saturated rings. The maximum absolute atomic E-state index is 4.09. The standard InChI is InChI=1S/C19H19N3S/c1-2-4-19-17(3-1)18(9-12-23-19)21-13-15-5-7-16(8-6-15)22-11-10-20-14-22/h1-8,10-11,14,18,21H,9,12-13H2. The van der Waals surface area contributed by atoms with E-state index in [4.69, 9.17) is 0 Å². The highest BCUT2D eigenvalue weighted by Gasteiger charge is 2.19. The lowest BCUT2D eigenvalue weighted by atomic mass is 10.0. The van der Waals surface area contributed by atoms with E-state index >= 15 is 0 Å². The Hall–Kier alpha value is -2.04. The van der Waals surface area contributed by atoms with Crippen LogP contribution in [0.25, 0.3) is 5.69 Å². The Balaban J connectivity index is 1.44. The summed E-state index contributed by atoms with van der Waals surface area (Å²) in [6.45, 7) is 0.897. The molecule has 0 bridgehead atoms. The van der Waals surface area contributed by atoms with Gasteiger partial charge < -0.3 is 9.88 Å². The lowest BCUT2D eigenvalue weighted by Crippen LogP contribution is -2.24. The summed E-state index contributed by atoms with van der Waals surface area (Å²) in [6, 6.07) is 17.9. The van der Waals surface area contributed by atoms with Crippen LogP contribution in [-0.2, 0) is 6.54 Å². The molecular formula is C19H19N3S. The van der Waals surface area contributed by atoms with Crippen molar-refractivity contribution in [3.8, 4) is 5.69 Å². The van der Waals surface area contributed by atoms with Crippen molar-refractivity contribution in [2.75, 3.05) is 5.75 Å². The fraction of sp³-hybridized carbons (Fsp3) is 0.211. The molecule has 0 amide bonds. The first-order valence-electron chi connectivity index (χ1n) is 7.92. The van der Waals surface area contributed by atoms with Gasteiger partial charge in [-0.25, -0.2) is 4.98 Å². The number of benzene rings is 2. The number of nitrogens with one attached hydrogen (secondary N) is 1. The Morgan fingerprint density at radius 1 is 1.13 bits per heavy atom. The van der Waals surface area contributed by atoms with Crippen molar-refractivity contribution in [3.63, 3.8) is 0 Å². The largest absolute Gasteiger partial charge is 0.306 e. The summed E-state index contributed by atoms with van der Waals surface area (Å²) in [5.74, 6) is 1.19. The van der Waals surface area contributed by atoms with Crippen LogP contribution in [0.4, 0.5) is 0 Å². The molecule has 2 aromatic carbocycles. The van der Waals surface area contributed by atoms with E-state index in [1.165, 1.54) is 28.2 Å². The van der Waals surface area contributed by atoms with E-state index in [2.05, 4.69) is 58.8 Å². The predicted octanol–water partition coefficient (Wildman–Crippen LogP) is 4.20. The Morgan fingerprint density at radius 3 is 2.83 bits per heavy atom. The van der Waals surface area contributed by atoms with Gasteiger partial charge in [0.05, 0.1) is 6.33 Å². The van der Waals surface area contributed by atoms with Crippen LogP contribution in [0.5, 0.6) is 0 Å². The zero-order valence-corrected chi connectivity index (χ0v) is 13.7. The first-order valence-corrected chi connectivity index (χ1v) is 8.91. The molecule has 1 aromatic heterocycles. The highest BCUT2D eigenvalue weighted by molar-refractivity contribution is 7.99. The third kappa shape index (κ3) is 3.19. The van der Waals surface area contributed by atoms with Gasteiger partial charge >= 0.3 is 0 Å². The van der Waals surface area contributed by atoms with Gasteiger partial charge in [-0.3, -0.25) is 0 Å². The van der Waals surface area contributed by atoms with Crippen molar-refractivity contribution in [1.29, 1.82) is 0 Å². The molecular weight excluding hydrogens is 302 g/mol. The van der Waals surface area contributed by atoms with Crippen molar-refractivity contribution in [3.05, 3.63) is 78.4 Å². The highest BCUT2D eigenvalue weighted by Crippen LogP contribution is 2.35. The minimum absolute atomic E-state index is 0.459. The van der Waals surface area contributed by atoms with Gasteiger partial charge in [-0.1, -0.05) is 30.3 Å². The number of aromatic nitrogens is 2. The fourth-order valence-electron chi connectivity index (χ4n) is 2.99. The summed E-state index contributed by atoms with van der Waals surface area (Å²) in [5, 5.41) is 3.72. The molecule has 4 heteroatoms. The third-order valence-corrected chi connectivity index (χ3v) is 5.37. The molecule has 0 radical (unpaired) electrons. The van der Waals surface area contributed by atoms with Crippen molar-refractivity contribution < 1.29 is 0 Å². The summed E-state index contributed by atoms with van der Waals surface area (Å²) in [6.07, 6.45) is 6.77. The number of rotatable bonds is 4. The van der Waals surface area contributed by atoms with E-state index in [0.29, 0.717) is 6.04 Å². The van der Waals surface area contributed by atoms with E-state index in [1.54, 1.807) is 6.20 Å². The van der Waals surface area contributed by atoms with Crippen LogP contribution in [-0.4, -0.2) is 15.3 Å². The van der Waals surface area contributed by atoms with Crippen molar-refractivity contribution in [2.24, 2.45) is 0 Å². The molecule has 0 saturated carbocycles. The van der Waals surface area contributed by atoms with Crippen LogP contribution < -0.4 is 5.32 Å². The Bertz CT molecular complexity index is 766. The number of imidazole rings is 1.